The number of nitrogens with one attached hydrogen (secondary N) is 1. The van der Waals surface area contributed by atoms with E-state index < -0.39 is 0 Å². The fourth-order valence-electron chi connectivity index (χ4n) is 1.88. The molecular weight excluding hydrogens is 293 g/mol. The SMILES string of the molecule is CC(C)N1CC(CNC(=O)c2nsc(Cl)c2Cl)C1. The summed E-state index contributed by atoms with van der Waals surface area (Å²) in [4.78, 5) is 14.2. The Kier molecular flexibility index (Phi) is 4.48. The van der Waals surface area contributed by atoms with E-state index in [0.29, 0.717) is 22.8 Å². The molecule has 0 atom stereocenters. The van der Waals surface area contributed by atoms with Crippen molar-refractivity contribution in [3.63, 3.8) is 0 Å². The average Bonchev–Trinajstić information content (AvgIpc) is 2.56. The third kappa shape index (κ3) is 2.96. The molecule has 1 aliphatic heterocycles. The molecule has 4 nitrogen and oxygen atoms in total. The number of amides is 1. The molecule has 1 aromatic rings. The Hall–Kier alpha value is -0.360. The zero-order valence-electron chi connectivity index (χ0n) is 10.2. The largest absolute Gasteiger partial charge is 0.350 e. The quantitative estimate of drug-likeness (QED) is 0.929. The van der Waals surface area contributed by atoms with E-state index in [-0.39, 0.29) is 16.6 Å². The molecule has 2 heterocycles. The zero-order chi connectivity index (χ0) is 13.3. The van der Waals surface area contributed by atoms with Gasteiger partial charge >= 0.3 is 0 Å². The van der Waals surface area contributed by atoms with Crippen molar-refractivity contribution in [3.05, 3.63) is 15.1 Å². The van der Waals surface area contributed by atoms with Crippen LogP contribution in [0.4, 0.5) is 0 Å². The maximum atomic E-state index is 11.8. The second-order valence-electron chi connectivity index (χ2n) is 4.74. The molecular formula is C11H15Cl2N3OS. The van der Waals surface area contributed by atoms with E-state index in [9.17, 15) is 4.79 Å². The minimum Gasteiger partial charge on any atom is -0.350 e. The number of nitrogens with zero attached hydrogens (tertiary/aromatic N) is 2. The van der Waals surface area contributed by atoms with E-state index in [2.05, 4.69) is 28.4 Å². The van der Waals surface area contributed by atoms with E-state index in [0.717, 1.165) is 24.6 Å². The Bertz CT molecular complexity index is 443. The fourth-order valence-corrected chi connectivity index (χ4v) is 2.88. The first-order chi connectivity index (χ1) is 8.49. The van der Waals surface area contributed by atoms with Crippen molar-refractivity contribution in [3.8, 4) is 0 Å². The topological polar surface area (TPSA) is 45.2 Å². The molecule has 7 heteroatoms. The van der Waals surface area contributed by atoms with Gasteiger partial charge in [-0.15, -0.1) is 0 Å². The van der Waals surface area contributed by atoms with Crippen LogP contribution in [0.2, 0.25) is 9.36 Å². The smallest absolute Gasteiger partial charge is 0.272 e. The van der Waals surface area contributed by atoms with E-state index in [1.165, 1.54) is 0 Å². The summed E-state index contributed by atoms with van der Waals surface area (Å²) in [6.45, 7) is 7.07. The van der Waals surface area contributed by atoms with Crippen LogP contribution in [0.25, 0.3) is 0 Å². The molecule has 1 saturated heterocycles. The minimum absolute atomic E-state index is 0.228. The molecule has 2 rings (SSSR count). The Morgan fingerprint density at radius 1 is 1.56 bits per heavy atom. The van der Waals surface area contributed by atoms with Crippen molar-refractivity contribution in [2.45, 2.75) is 19.9 Å². The molecule has 0 spiro atoms. The first kappa shape index (κ1) is 14.1. The summed E-state index contributed by atoms with van der Waals surface area (Å²) in [6, 6.07) is 0.573. The lowest BCUT2D eigenvalue weighted by atomic mass is 9.98. The van der Waals surface area contributed by atoms with Gasteiger partial charge in [0.1, 0.15) is 9.36 Å². The van der Waals surface area contributed by atoms with Crippen molar-refractivity contribution in [1.82, 2.24) is 14.6 Å². The number of aromatic nitrogens is 1. The van der Waals surface area contributed by atoms with Gasteiger partial charge in [0.05, 0.1) is 0 Å². The summed E-state index contributed by atoms with van der Waals surface area (Å²) in [5, 5.41) is 3.10. The first-order valence-electron chi connectivity index (χ1n) is 5.82. The molecule has 1 N–H and O–H groups in total. The molecule has 0 aromatic carbocycles. The molecule has 100 valence electrons. The standard InChI is InChI=1S/C11H15Cl2N3OS/c1-6(2)16-4-7(5-16)3-14-11(17)9-8(12)10(13)18-15-9/h6-7H,3-5H2,1-2H3,(H,14,17). The van der Waals surface area contributed by atoms with Gasteiger partial charge in [0.25, 0.3) is 5.91 Å². The monoisotopic (exact) mass is 307 g/mol. The Morgan fingerprint density at radius 3 is 2.72 bits per heavy atom. The van der Waals surface area contributed by atoms with Gasteiger partial charge in [-0.2, -0.15) is 4.37 Å². The maximum absolute atomic E-state index is 11.8. The summed E-state index contributed by atoms with van der Waals surface area (Å²) >= 11 is 12.7. The summed E-state index contributed by atoms with van der Waals surface area (Å²) in [6.07, 6.45) is 0. The Balaban J connectivity index is 1.78. The molecule has 0 aliphatic carbocycles. The highest BCUT2D eigenvalue weighted by molar-refractivity contribution is 7.11. The molecule has 0 unspecified atom stereocenters. The van der Waals surface area contributed by atoms with Gasteiger partial charge in [-0.3, -0.25) is 4.79 Å². The summed E-state index contributed by atoms with van der Waals surface area (Å²) in [7, 11) is 0. The van der Waals surface area contributed by atoms with Crippen LogP contribution >= 0.6 is 34.7 Å². The first-order valence-corrected chi connectivity index (χ1v) is 7.35. The van der Waals surface area contributed by atoms with Gasteiger partial charge in [-0.25, -0.2) is 0 Å². The van der Waals surface area contributed by atoms with Crippen LogP contribution in [-0.4, -0.2) is 40.9 Å². The lowest BCUT2D eigenvalue weighted by molar-refractivity contribution is 0.0639. The summed E-state index contributed by atoms with van der Waals surface area (Å²) in [5.74, 6) is 0.274. The van der Waals surface area contributed by atoms with Gasteiger partial charge in [0.2, 0.25) is 0 Å². The highest BCUT2D eigenvalue weighted by Gasteiger charge is 2.29. The fraction of sp³-hybridized carbons (Fsp3) is 0.636. The Labute approximate surface area is 120 Å². The highest BCUT2D eigenvalue weighted by atomic mass is 35.5. The van der Waals surface area contributed by atoms with Crippen LogP contribution in [-0.2, 0) is 0 Å². The third-order valence-corrected chi connectivity index (χ3v) is 4.69. The van der Waals surface area contributed by atoms with Crippen LogP contribution in [0.3, 0.4) is 0 Å². The predicted molar refractivity (Wildman–Crippen MR) is 74.7 cm³/mol. The van der Waals surface area contributed by atoms with Crippen molar-refractivity contribution < 1.29 is 4.79 Å². The lowest BCUT2D eigenvalue weighted by Gasteiger charge is -2.42. The number of rotatable bonds is 4. The van der Waals surface area contributed by atoms with Crippen molar-refractivity contribution in [2.75, 3.05) is 19.6 Å². The number of carbonyl (C=O) groups is 1. The number of hydrogen-bond donors (Lipinski definition) is 1. The minimum atomic E-state index is -0.244. The summed E-state index contributed by atoms with van der Waals surface area (Å²) < 4.78 is 4.29. The van der Waals surface area contributed by atoms with E-state index >= 15 is 0 Å². The van der Waals surface area contributed by atoms with E-state index in [4.69, 9.17) is 23.2 Å². The van der Waals surface area contributed by atoms with Crippen LogP contribution in [0.1, 0.15) is 24.3 Å². The normalized spacial score (nSPS) is 16.9. The maximum Gasteiger partial charge on any atom is 0.272 e. The van der Waals surface area contributed by atoms with E-state index in [1.807, 2.05) is 0 Å². The molecule has 18 heavy (non-hydrogen) atoms. The molecule has 0 saturated carbocycles. The lowest BCUT2D eigenvalue weighted by Crippen LogP contribution is -2.53. The molecule has 1 aromatic heterocycles. The van der Waals surface area contributed by atoms with Gasteiger partial charge in [-0.05, 0) is 25.4 Å². The molecule has 1 aliphatic rings. The molecule has 1 fully saturated rings. The van der Waals surface area contributed by atoms with Crippen LogP contribution in [0.15, 0.2) is 0 Å². The number of likely N-dealkylation sites (tertiary alicyclic amines) is 1. The van der Waals surface area contributed by atoms with Crippen molar-refractivity contribution in [2.24, 2.45) is 5.92 Å². The van der Waals surface area contributed by atoms with E-state index in [1.54, 1.807) is 0 Å². The second kappa shape index (κ2) is 5.74. The average molecular weight is 308 g/mol. The molecule has 1 amide bonds. The predicted octanol–water partition coefficient (Wildman–Crippen LogP) is 2.52. The van der Waals surface area contributed by atoms with Crippen LogP contribution in [0, 0.1) is 5.92 Å². The number of carbonyl (C=O) groups excluding carboxylic acids is 1. The van der Waals surface area contributed by atoms with Crippen LogP contribution < -0.4 is 5.32 Å². The number of halogens is 2. The molecule has 0 bridgehead atoms. The van der Waals surface area contributed by atoms with Crippen LogP contribution in [0.5, 0.6) is 0 Å². The van der Waals surface area contributed by atoms with Crippen molar-refractivity contribution >= 4 is 40.6 Å². The van der Waals surface area contributed by atoms with Gasteiger partial charge in [0, 0.05) is 31.6 Å². The van der Waals surface area contributed by atoms with Gasteiger partial charge in [0.15, 0.2) is 5.69 Å². The zero-order valence-corrected chi connectivity index (χ0v) is 12.6. The summed E-state index contributed by atoms with van der Waals surface area (Å²) in [5.41, 5.74) is 0.228. The van der Waals surface area contributed by atoms with Gasteiger partial charge in [-0.1, -0.05) is 23.2 Å². The third-order valence-electron chi connectivity index (χ3n) is 3.08. The second-order valence-corrected chi connectivity index (χ2v) is 6.50. The van der Waals surface area contributed by atoms with Crippen molar-refractivity contribution in [1.29, 1.82) is 0 Å². The highest BCUT2D eigenvalue weighted by Crippen LogP contribution is 2.29. The number of hydrogen-bond acceptors (Lipinski definition) is 4. The van der Waals surface area contributed by atoms with Gasteiger partial charge < -0.3 is 10.2 Å². The molecule has 0 radical (unpaired) electrons. The Morgan fingerprint density at radius 2 is 2.22 bits per heavy atom.